The van der Waals surface area contributed by atoms with Gasteiger partial charge in [-0.1, -0.05) is 0 Å². The Morgan fingerprint density at radius 3 is 2.76 bits per heavy atom. The summed E-state index contributed by atoms with van der Waals surface area (Å²) in [5.74, 6) is -0.632. The maximum Gasteiger partial charge on any atom is 0.252 e. The molecular formula is C22H27FN8O2. The summed E-state index contributed by atoms with van der Waals surface area (Å²) < 4.78 is 22.0. The van der Waals surface area contributed by atoms with E-state index in [0.29, 0.717) is 29.8 Å². The molecule has 1 aliphatic rings. The number of halogens is 1. The van der Waals surface area contributed by atoms with Crippen LogP contribution in [0.1, 0.15) is 37.0 Å². The van der Waals surface area contributed by atoms with E-state index in [-0.39, 0.29) is 29.3 Å². The third kappa shape index (κ3) is 5.03. The third-order valence-corrected chi connectivity index (χ3v) is 5.37. The predicted octanol–water partition coefficient (Wildman–Crippen LogP) is 2.58. The number of amides is 1. The van der Waals surface area contributed by atoms with Crippen LogP contribution in [0.25, 0.3) is 5.69 Å². The van der Waals surface area contributed by atoms with Crippen LogP contribution in [-0.4, -0.2) is 44.3 Å². The first-order valence-corrected chi connectivity index (χ1v) is 10.8. The third-order valence-electron chi connectivity index (χ3n) is 5.37. The highest BCUT2D eigenvalue weighted by molar-refractivity contribution is 5.98. The van der Waals surface area contributed by atoms with E-state index in [1.54, 1.807) is 29.2 Å². The van der Waals surface area contributed by atoms with Gasteiger partial charge in [-0.15, -0.1) is 0 Å². The van der Waals surface area contributed by atoms with E-state index >= 15 is 0 Å². The van der Waals surface area contributed by atoms with Crippen molar-refractivity contribution < 1.29 is 13.9 Å². The van der Waals surface area contributed by atoms with Crippen molar-refractivity contribution in [3.8, 4) is 11.6 Å². The first-order chi connectivity index (χ1) is 15.9. The number of primary amides is 1. The van der Waals surface area contributed by atoms with Crippen LogP contribution in [0.15, 0.2) is 36.8 Å². The highest BCUT2D eigenvalue weighted by Crippen LogP contribution is 2.36. The molecule has 0 bridgehead atoms. The van der Waals surface area contributed by atoms with Crippen LogP contribution in [0.3, 0.4) is 0 Å². The number of rotatable bonds is 10. The minimum atomic E-state index is -0.812. The molecular weight excluding hydrogens is 427 g/mol. The molecule has 0 saturated heterocycles. The van der Waals surface area contributed by atoms with Gasteiger partial charge in [0, 0.05) is 24.5 Å². The van der Waals surface area contributed by atoms with E-state index in [1.165, 1.54) is 6.20 Å². The summed E-state index contributed by atoms with van der Waals surface area (Å²) >= 11 is 0. The summed E-state index contributed by atoms with van der Waals surface area (Å²) in [5.41, 5.74) is 12.6. The zero-order valence-corrected chi connectivity index (χ0v) is 18.5. The zero-order valence-electron chi connectivity index (χ0n) is 18.5. The molecule has 2 atom stereocenters. The average Bonchev–Trinajstić information content (AvgIpc) is 3.46. The lowest BCUT2D eigenvalue weighted by Crippen LogP contribution is -2.40. The van der Waals surface area contributed by atoms with Crippen LogP contribution in [0.2, 0.25) is 0 Å². The zero-order chi connectivity index (χ0) is 23.5. The van der Waals surface area contributed by atoms with E-state index in [0.717, 1.165) is 18.9 Å². The van der Waals surface area contributed by atoms with Gasteiger partial charge in [0.25, 0.3) is 5.91 Å². The first kappa shape index (κ1) is 22.5. The smallest absolute Gasteiger partial charge is 0.252 e. The SMILES string of the molecule is CCOc1ncc(Nc2nc(NC(C3CC3)[C@H](C)N)c(F)cc2C(N)=O)cc1-n1cccn1. The minimum Gasteiger partial charge on any atom is -0.476 e. The van der Waals surface area contributed by atoms with Crippen molar-refractivity contribution in [1.82, 2.24) is 19.7 Å². The molecule has 0 aliphatic heterocycles. The highest BCUT2D eigenvalue weighted by atomic mass is 19.1. The molecule has 0 radical (unpaired) electrons. The Kier molecular flexibility index (Phi) is 6.40. The molecule has 1 unspecified atom stereocenters. The Morgan fingerprint density at radius 1 is 1.36 bits per heavy atom. The van der Waals surface area contributed by atoms with E-state index in [2.05, 4.69) is 25.7 Å². The predicted molar refractivity (Wildman–Crippen MR) is 122 cm³/mol. The maximum absolute atomic E-state index is 14.8. The van der Waals surface area contributed by atoms with Crippen LogP contribution in [0.4, 0.5) is 21.7 Å². The Bertz CT molecular complexity index is 1130. The molecule has 1 fully saturated rings. The van der Waals surface area contributed by atoms with E-state index < -0.39 is 11.7 Å². The van der Waals surface area contributed by atoms with Crippen LogP contribution in [-0.2, 0) is 0 Å². The number of anilines is 3. The number of nitrogens with one attached hydrogen (secondary N) is 2. The van der Waals surface area contributed by atoms with Crippen LogP contribution in [0, 0.1) is 11.7 Å². The fourth-order valence-electron chi connectivity index (χ4n) is 3.63. The summed E-state index contributed by atoms with van der Waals surface area (Å²) in [5, 5.41) is 10.4. The molecule has 1 saturated carbocycles. The monoisotopic (exact) mass is 454 g/mol. The van der Waals surface area contributed by atoms with Crippen LogP contribution in [0.5, 0.6) is 5.88 Å². The van der Waals surface area contributed by atoms with E-state index in [1.807, 2.05) is 13.8 Å². The molecule has 11 heteroatoms. The van der Waals surface area contributed by atoms with Crippen molar-refractivity contribution in [3.05, 3.63) is 48.2 Å². The van der Waals surface area contributed by atoms with Gasteiger partial charge >= 0.3 is 0 Å². The van der Waals surface area contributed by atoms with Crippen LogP contribution >= 0.6 is 0 Å². The number of hydrogen-bond acceptors (Lipinski definition) is 8. The molecule has 4 rings (SSSR count). The highest BCUT2D eigenvalue weighted by Gasteiger charge is 2.34. The van der Waals surface area contributed by atoms with E-state index in [9.17, 15) is 9.18 Å². The molecule has 3 aromatic rings. The second kappa shape index (κ2) is 9.41. The molecule has 1 amide bonds. The Balaban J connectivity index is 1.69. The topological polar surface area (TPSA) is 146 Å². The number of nitrogens with two attached hydrogens (primary N) is 2. The van der Waals surface area contributed by atoms with Gasteiger partial charge < -0.3 is 26.8 Å². The van der Waals surface area contributed by atoms with Crippen molar-refractivity contribution in [2.75, 3.05) is 17.2 Å². The second-order valence-electron chi connectivity index (χ2n) is 8.00. The average molecular weight is 455 g/mol. The lowest BCUT2D eigenvalue weighted by molar-refractivity contribution is 0.100. The lowest BCUT2D eigenvalue weighted by Gasteiger charge is -2.23. The number of carbonyl (C=O) groups excluding carboxylic acids is 1. The molecule has 3 aromatic heterocycles. The maximum atomic E-state index is 14.8. The number of nitrogens with zero attached hydrogens (tertiary/aromatic N) is 4. The van der Waals surface area contributed by atoms with Crippen molar-refractivity contribution in [1.29, 1.82) is 0 Å². The fraction of sp³-hybridized carbons (Fsp3) is 0.364. The van der Waals surface area contributed by atoms with Gasteiger partial charge in [-0.25, -0.2) is 19.0 Å². The number of hydrogen-bond donors (Lipinski definition) is 4. The Hall–Kier alpha value is -3.73. The number of pyridine rings is 2. The Morgan fingerprint density at radius 2 is 2.15 bits per heavy atom. The quantitative estimate of drug-likeness (QED) is 0.366. The molecule has 0 aromatic carbocycles. The standard InChI is InChI=1S/C22H27FN8O2/c1-3-33-22-17(31-8-4-7-27-31)9-14(11-26-22)28-20-15(19(25)32)10-16(23)21(30-20)29-18(12(2)24)13-5-6-13/h4,7-13,18H,3,5-6,24H2,1-2H3,(H2,25,32)(H2,28,29,30)/t12-,18?/m0/s1. The number of carbonyl (C=O) groups is 1. The Labute approximate surface area is 190 Å². The van der Waals surface area contributed by atoms with Crippen molar-refractivity contribution in [2.45, 2.75) is 38.8 Å². The summed E-state index contributed by atoms with van der Waals surface area (Å²) in [6.07, 6.45) is 6.96. The first-order valence-electron chi connectivity index (χ1n) is 10.8. The molecule has 174 valence electrons. The van der Waals surface area contributed by atoms with Gasteiger partial charge in [-0.2, -0.15) is 5.10 Å². The van der Waals surface area contributed by atoms with Gasteiger partial charge in [0.15, 0.2) is 11.6 Å². The molecule has 0 spiro atoms. The second-order valence-corrected chi connectivity index (χ2v) is 8.00. The molecule has 33 heavy (non-hydrogen) atoms. The molecule has 1 aliphatic carbocycles. The van der Waals surface area contributed by atoms with Gasteiger partial charge in [0.1, 0.15) is 11.5 Å². The van der Waals surface area contributed by atoms with Crippen molar-refractivity contribution in [2.24, 2.45) is 17.4 Å². The summed E-state index contributed by atoms with van der Waals surface area (Å²) in [4.78, 5) is 20.7. The molecule has 6 N–H and O–H groups in total. The van der Waals surface area contributed by atoms with Crippen LogP contribution < -0.4 is 26.8 Å². The van der Waals surface area contributed by atoms with Gasteiger partial charge in [-0.3, -0.25) is 4.79 Å². The van der Waals surface area contributed by atoms with Gasteiger partial charge in [0.05, 0.1) is 24.1 Å². The number of ether oxygens (including phenoxy) is 1. The van der Waals surface area contributed by atoms with Crippen molar-refractivity contribution >= 4 is 23.2 Å². The summed E-state index contributed by atoms with van der Waals surface area (Å²) in [6.45, 7) is 4.15. The van der Waals surface area contributed by atoms with Gasteiger partial charge in [-0.05, 0) is 50.8 Å². The van der Waals surface area contributed by atoms with Crippen molar-refractivity contribution in [3.63, 3.8) is 0 Å². The summed E-state index contributed by atoms with van der Waals surface area (Å²) in [6, 6.07) is 4.26. The summed E-state index contributed by atoms with van der Waals surface area (Å²) in [7, 11) is 0. The number of aromatic nitrogens is 4. The molecule has 10 nitrogen and oxygen atoms in total. The largest absolute Gasteiger partial charge is 0.476 e. The lowest BCUT2D eigenvalue weighted by atomic mass is 10.1. The minimum absolute atomic E-state index is 0.00268. The molecule has 3 heterocycles. The normalized spacial score (nSPS) is 15.0. The van der Waals surface area contributed by atoms with E-state index in [4.69, 9.17) is 16.2 Å². The van der Waals surface area contributed by atoms with Gasteiger partial charge in [0.2, 0.25) is 5.88 Å². The fourth-order valence-corrected chi connectivity index (χ4v) is 3.63.